The Bertz CT molecular complexity index is 825. The van der Waals surface area contributed by atoms with Crippen LogP contribution >= 0.6 is 0 Å². The van der Waals surface area contributed by atoms with Crippen molar-refractivity contribution in [3.8, 4) is 17.4 Å². The molecule has 0 saturated carbocycles. The standard InChI is InChI=1S/C16H14F3N3O5/c17-16(18,19)10-3-1-9(2-4-10)8-26-11-5-6-21-14(13(11)24)27-15(25)22-12(23)7-20/h1-6,24H,7-8,20H2,(H,22,23,25). The summed E-state index contributed by atoms with van der Waals surface area (Å²) in [4.78, 5) is 26.1. The zero-order valence-corrected chi connectivity index (χ0v) is 13.6. The van der Waals surface area contributed by atoms with Crippen LogP contribution in [-0.2, 0) is 17.6 Å². The molecule has 2 aromatic rings. The van der Waals surface area contributed by atoms with E-state index in [1.165, 1.54) is 18.2 Å². The summed E-state index contributed by atoms with van der Waals surface area (Å²) in [5, 5.41) is 11.8. The molecule has 0 saturated heterocycles. The molecule has 2 rings (SSSR count). The Balaban J connectivity index is 2.03. The van der Waals surface area contributed by atoms with E-state index >= 15 is 0 Å². The molecule has 1 aromatic carbocycles. The molecule has 0 aliphatic heterocycles. The number of benzene rings is 1. The highest BCUT2D eigenvalue weighted by Crippen LogP contribution is 2.34. The van der Waals surface area contributed by atoms with E-state index in [0.717, 1.165) is 18.3 Å². The van der Waals surface area contributed by atoms with Gasteiger partial charge in [0.05, 0.1) is 12.1 Å². The lowest BCUT2D eigenvalue weighted by atomic mass is 10.1. The van der Waals surface area contributed by atoms with Crippen LogP contribution in [-0.4, -0.2) is 28.6 Å². The van der Waals surface area contributed by atoms with Gasteiger partial charge in [-0.1, -0.05) is 12.1 Å². The molecule has 0 radical (unpaired) electrons. The first kappa shape index (κ1) is 20.0. The number of nitrogens with one attached hydrogen (secondary N) is 1. The maximum atomic E-state index is 12.5. The van der Waals surface area contributed by atoms with Gasteiger partial charge in [0.2, 0.25) is 11.7 Å². The van der Waals surface area contributed by atoms with Crippen molar-refractivity contribution in [2.75, 3.05) is 6.54 Å². The van der Waals surface area contributed by atoms with Crippen LogP contribution < -0.4 is 20.5 Å². The number of carbonyl (C=O) groups is 2. The van der Waals surface area contributed by atoms with Crippen LogP contribution in [0.15, 0.2) is 36.5 Å². The number of nitrogens with two attached hydrogens (primary N) is 1. The van der Waals surface area contributed by atoms with Gasteiger partial charge in [0, 0.05) is 12.3 Å². The average Bonchev–Trinajstić information content (AvgIpc) is 2.62. The Labute approximate surface area is 150 Å². The van der Waals surface area contributed by atoms with E-state index < -0.39 is 41.9 Å². The fraction of sp³-hybridized carbons (Fsp3) is 0.188. The molecular weight excluding hydrogens is 371 g/mol. The van der Waals surface area contributed by atoms with Gasteiger partial charge in [-0.3, -0.25) is 10.1 Å². The summed E-state index contributed by atoms with van der Waals surface area (Å²) >= 11 is 0. The number of ether oxygens (including phenoxy) is 2. The molecular formula is C16H14F3N3O5. The van der Waals surface area contributed by atoms with Crippen molar-refractivity contribution in [2.24, 2.45) is 5.73 Å². The zero-order chi connectivity index (χ0) is 20.0. The Hall–Kier alpha value is -3.34. The van der Waals surface area contributed by atoms with E-state index in [0.29, 0.717) is 5.56 Å². The summed E-state index contributed by atoms with van der Waals surface area (Å²) in [6.45, 7) is -0.599. The number of alkyl halides is 3. The molecule has 0 spiro atoms. The second-order valence-corrected chi connectivity index (χ2v) is 5.09. The molecule has 0 aliphatic rings. The fourth-order valence-electron chi connectivity index (χ4n) is 1.84. The molecule has 8 nitrogen and oxygen atoms in total. The lowest BCUT2D eigenvalue weighted by molar-refractivity contribution is -0.137. The van der Waals surface area contributed by atoms with E-state index in [4.69, 9.17) is 10.5 Å². The van der Waals surface area contributed by atoms with Crippen LogP contribution in [0.25, 0.3) is 0 Å². The monoisotopic (exact) mass is 385 g/mol. The predicted octanol–water partition coefficient (Wildman–Crippen LogP) is 1.96. The van der Waals surface area contributed by atoms with Crippen molar-refractivity contribution in [3.05, 3.63) is 47.7 Å². The Morgan fingerprint density at radius 1 is 1.19 bits per heavy atom. The van der Waals surface area contributed by atoms with Crippen molar-refractivity contribution in [1.82, 2.24) is 10.3 Å². The number of carbonyl (C=O) groups excluding carboxylic acids is 2. The van der Waals surface area contributed by atoms with Crippen molar-refractivity contribution in [3.63, 3.8) is 0 Å². The molecule has 0 unspecified atom stereocenters. The first-order valence-corrected chi connectivity index (χ1v) is 7.39. The summed E-state index contributed by atoms with van der Waals surface area (Å²) in [6, 6.07) is 5.51. The zero-order valence-electron chi connectivity index (χ0n) is 13.6. The number of halogens is 3. The lowest BCUT2D eigenvalue weighted by Crippen LogP contribution is -2.37. The first-order chi connectivity index (χ1) is 12.7. The maximum absolute atomic E-state index is 12.5. The van der Waals surface area contributed by atoms with Gasteiger partial charge in [-0.25, -0.2) is 9.78 Å². The molecule has 0 bridgehead atoms. The van der Waals surface area contributed by atoms with Crippen LogP contribution in [0.2, 0.25) is 0 Å². The summed E-state index contributed by atoms with van der Waals surface area (Å²) in [7, 11) is 0. The molecule has 2 amide bonds. The van der Waals surface area contributed by atoms with Crippen molar-refractivity contribution >= 4 is 12.0 Å². The van der Waals surface area contributed by atoms with Crippen LogP contribution in [0.5, 0.6) is 17.4 Å². The van der Waals surface area contributed by atoms with Gasteiger partial charge in [0.25, 0.3) is 5.88 Å². The number of nitrogens with zero attached hydrogens (tertiary/aromatic N) is 1. The van der Waals surface area contributed by atoms with E-state index in [-0.39, 0.29) is 12.4 Å². The summed E-state index contributed by atoms with van der Waals surface area (Å²) in [5.41, 5.74) is 4.64. The van der Waals surface area contributed by atoms with Crippen LogP contribution in [0.4, 0.5) is 18.0 Å². The quantitative estimate of drug-likeness (QED) is 0.719. The minimum Gasteiger partial charge on any atom is -0.501 e. The van der Waals surface area contributed by atoms with Crippen molar-refractivity contribution in [2.45, 2.75) is 12.8 Å². The average molecular weight is 385 g/mol. The third kappa shape index (κ3) is 5.57. The Morgan fingerprint density at radius 2 is 1.85 bits per heavy atom. The number of hydrogen-bond acceptors (Lipinski definition) is 7. The largest absolute Gasteiger partial charge is 0.501 e. The molecule has 11 heteroatoms. The topological polar surface area (TPSA) is 124 Å². The highest BCUT2D eigenvalue weighted by atomic mass is 19.4. The summed E-state index contributed by atoms with van der Waals surface area (Å²) in [6.07, 6.45) is -4.48. The maximum Gasteiger partial charge on any atom is 0.420 e. The molecule has 0 fully saturated rings. The second-order valence-electron chi connectivity index (χ2n) is 5.09. The summed E-state index contributed by atoms with van der Waals surface area (Å²) in [5.74, 6) is -2.07. The molecule has 0 aliphatic carbocycles. The van der Waals surface area contributed by atoms with Crippen LogP contribution in [0, 0.1) is 0 Å². The van der Waals surface area contributed by atoms with Gasteiger partial charge < -0.3 is 20.3 Å². The normalized spacial score (nSPS) is 11.0. The number of pyridine rings is 1. The minimum atomic E-state index is -4.44. The van der Waals surface area contributed by atoms with E-state index in [9.17, 15) is 27.9 Å². The van der Waals surface area contributed by atoms with Crippen molar-refractivity contribution < 1.29 is 37.3 Å². The number of hydrogen-bond donors (Lipinski definition) is 3. The van der Waals surface area contributed by atoms with Gasteiger partial charge in [-0.05, 0) is 17.7 Å². The fourth-order valence-corrected chi connectivity index (χ4v) is 1.84. The van der Waals surface area contributed by atoms with Crippen LogP contribution in [0.1, 0.15) is 11.1 Å². The van der Waals surface area contributed by atoms with Crippen molar-refractivity contribution in [1.29, 1.82) is 0 Å². The third-order valence-corrected chi connectivity index (χ3v) is 3.15. The Kier molecular flexibility index (Phi) is 6.19. The number of imide groups is 1. The Morgan fingerprint density at radius 3 is 2.44 bits per heavy atom. The molecule has 144 valence electrons. The molecule has 1 aromatic heterocycles. The first-order valence-electron chi connectivity index (χ1n) is 7.39. The smallest absolute Gasteiger partial charge is 0.420 e. The number of rotatable bonds is 5. The van der Waals surface area contributed by atoms with Gasteiger partial charge in [0.15, 0.2) is 5.75 Å². The number of aromatic nitrogens is 1. The third-order valence-electron chi connectivity index (χ3n) is 3.15. The van der Waals surface area contributed by atoms with E-state index in [1.54, 1.807) is 5.32 Å². The predicted molar refractivity (Wildman–Crippen MR) is 84.9 cm³/mol. The van der Waals surface area contributed by atoms with Gasteiger partial charge in [-0.15, -0.1) is 0 Å². The van der Waals surface area contributed by atoms with Gasteiger partial charge in [0.1, 0.15) is 6.61 Å². The summed E-state index contributed by atoms with van der Waals surface area (Å²) < 4.78 is 47.6. The second kappa shape index (κ2) is 8.36. The van der Waals surface area contributed by atoms with E-state index in [2.05, 4.69) is 9.72 Å². The molecule has 27 heavy (non-hydrogen) atoms. The molecule has 4 N–H and O–H groups in total. The molecule has 1 heterocycles. The SMILES string of the molecule is NCC(=O)NC(=O)Oc1nccc(OCc2ccc(C(F)(F)F)cc2)c1O. The number of aromatic hydroxyl groups is 1. The highest BCUT2D eigenvalue weighted by Gasteiger charge is 2.29. The van der Waals surface area contributed by atoms with E-state index in [1.807, 2.05) is 0 Å². The molecule has 0 atom stereocenters. The van der Waals surface area contributed by atoms with Gasteiger partial charge in [-0.2, -0.15) is 13.2 Å². The number of amides is 2. The minimum absolute atomic E-state index is 0.127. The lowest BCUT2D eigenvalue weighted by Gasteiger charge is -2.11. The van der Waals surface area contributed by atoms with Gasteiger partial charge >= 0.3 is 12.3 Å². The van der Waals surface area contributed by atoms with Crippen LogP contribution in [0.3, 0.4) is 0 Å². The highest BCUT2D eigenvalue weighted by molar-refractivity contribution is 5.93.